The van der Waals surface area contributed by atoms with E-state index in [1.54, 1.807) is 0 Å². The fourth-order valence-corrected chi connectivity index (χ4v) is 3.20. The minimum absolute atomic E-state index is 0.263. The van der Waals surface area contributed by atoms with E-state index in [4.69, 9.17) is 4.99 Å². The number of thioether (sulfide) groups is 1. The second-order valence-corrected chi connectivity index (χ2v) is 6.38. The van der Waals surface area contributed by atoms with E-state index in [0.29, 0.717) is 12.0 Å². The third-order valence-corrected chi connectivity index (χ3v) is 4.44. The molecule has 1 aliphatic rings. The first-order valence-electron chi connectivity index (χ1n) is 6.49. The van der Waals surface area contributed by atoms with Gasteiger partial charge in [-0.1, -0.05) is 39.5 Å². The second kappa shape index (κ2) is 5.95. The van der Waals surface area contributed by atoms with Crippen LogP contribution in [0.4, 0.5) is 0 Å². The van der Waals surface area contributed by atoms with E-state index in [1.807, 2.05) is 11.8 Å². The SMILES string of the molecule is CCC(N=C1NC(C)(CC)CCS1)C(C)C. The smallest absolute Gasteiger partial charge is 0.157 e. The fourth-order valence-electron chi connectivity index (χ4n) is 1.93. The lowest BCUT2D eigenvalue weighted by Gasteiger charge is -2.35. The monoisotopic (exact) mass is 242 g/mol. The summed E-state index contributed by atoms with van der Waals surface area (Å²) < 4.78 is 0. The largest absolute Gasteiger partial charge is 0.360 e. The Morgan fingerprint density at radius 3 is 2.62 bits per heavy atom. The average Bonchev–Trinajstić information content (AvgIpc) is 2.25. The zero-order valence-corrected chi connectivity index (χ0v) is 12.2. The molecule has 16 heavy (non-hydrogen) atoms. The molecule has 1 saturated heterocycles. The molecule has 0 aromatic heterocycles. The van der Waals surface area contributed by atoms with Gasteiger partial charge in [-0.05, 0) is 32.1 Å². The maximum Gasteiger partial charge on any atom is 0.157 e. The Bertz CT molecular complexity index is 250. The van der Waals surface area contributed by atoms with Gasteiger partial charge in [-0.3, -0.25) is 4.99 Å². The van der Waals surface area contributed by atoms with Crippen LogP contribution in [0.5, 0.6) is 0 Å². The van der Waals surface area contributed by atoms with Crippen molar-refractivity contribution >= 4 is 16.9 Å². The topological polar surface area (TPSA) is 24.4 Å². The highest BCUT2D eigenvalue weighted by molar-refractivity contribution is 8.13. The Labute approximate surface area is 105 Å². The van der Waals surface area contributed by atoms with Crippen molar-refractivity contribution in [1.82, 2.24) is 5.32 Å². The van der Waals surface area contributed by atoms with Gasteiger partial charge >= 0.3 is 0 Å². The van der Waals surface area contributed by atoms with Crippen molar-refractivity contribution < 1.29 is 0 Å². The summed E-state index contributed by atoms with van der Waals surface area (Å²) in [6.07, 6.45) is 3.54. The molecule has 2 atom stereocenters. The Hall–Kier alpha value is -0.180. The number of hydrogen-bond donors (Lipinski definition) is 1. The minimum Gasteiger partial charge on any atom is -0.360 e. The van der Waals surface area contributed by atoms with Gasteiger partial charge in [0.1, 0.15) is 0 Å². The molecule has 1 fully saturated rings. The van der Waals surface area contributed by atoms with Gasteiger partial charge in [0.05, 0.1) is 6.04 Å². The number of nitrogens with zero attached hydrogens (tertiary/aromatic N) is 1. The Kier molecular flexibility index (Phi) is 5.16. The van der Waals surface area contributed by atoms with Gasteiger partial charge in [0.2, 0.25) is 0 Å². The van der Waals surface area contributed by atoms with E-state index in [-0.39, 0.29) is 5.54 Å². The first-order valence-corrected chi connectivity index (χ1v) is 7.48. The van der Waals surface area contributed by atoms with Crippen LogP contribution in [0.3, 0.4) is 0 Å². The molecule has 3 heteroatoms. The average molecular weight is 242 g/mol. The van der Waals surface area contributed by atoms with E-state index >= 15 is 0 Å². The molecule has 0 radical (unpaired) electrons. The van der Waals surface area contributed by atoms with Crippen LogP contribution in [-0.2, 0) is 0 Å². The summed E-state index contributed by atoms with van der Waals surface area (Å²) in [5, 5.41) is 4.78. The van der Waals surface area contributed by atoms with E-state index in [0.717, 1.165) is 11.6 Å². The summed E-state index contributed by atoms with van der Waals surface area (Å²) in [6, 6.07) is 0.467. The van der Waals surface area contributed by atoms with Crippen LogP contribution < -0.4 is 5.32 Å². The molecule has 0 aromatic carbocycles. The summed E-state index contributed by atoms with van der Waals surface area (Å²) in [4.78, 5) is 4.87. The van der Waals surface area contributed by atoms with E-state index < -0.39 is 0 Å². The number of aliphatic imine (C=N–C) groups is 1. The summed E-state index contributed by atoms with van der Waals surface area (Å²) >= 11 is 1.88. The number of nitrogens with one attached hydrogen (secondary N) is 1. The minimum atomic E-state index is 0.263. The molecule has 1 aliphatic heterocycles. The predicted molar refractivity (Wildman–Crippen MR) is 75.3 cm³/mol. The third kappa shape index (κ3) is 3.69. The van der Waals surface area contributed by atoms with Crippen molar-refractivity contribution in [3.8, 4) is 0 Å². The Morgan fingerprint density at radius 1 is 1.44 bits per heavy atom. The normalized spacial score (nSPS) is 30.5. The lowest BCUT2D eigenvalue weighted by Crippen LogP contribution is -2.48. The Balaban J connectivity index is 2.68. The third-order valence-electron chi connectivity index (χ3n) is 3.55. The van der Waals surface area contributed by atoms with Crippen molar-refractivity contribution in [2.24, 2.45) is 10.9 Å². The van der Waals surface area contributed by atoms with Crippen LogP contribution in [0, 0.1) is 5.92 Å². The molecule has 1 rings (SSSR count). The van der Waals surface area contributed by atoms with Gasteiger partial charge < -0.3 is 5.32 Å². The van der Waals surface area contributed by atoms with Crippen LogP contribution in [0.2, 0.25) is 0 Å². The lowest BCUT2D eigenvalue weighted by atomic mass is 9.96. The standard InChI is InChI=1S/C13H26N2S/c1-6-11(10(3)4)14-12-15-13(5,7-2)8-9-16-12/h10-11H,6-9H2,1-5H3,(H,14,15). The van der Waals surface area contributed by atoms with Crippen molar-refractivity contribution in [2.75, 3.05) is 5.75 Å². The lowest BCUT2D eigenvalue weighted by molar-refractivity contribution is 0.387. The van der Waals surface area contributed by atoms with Gasteiger partial charge in [0.15, 0.2) is 5.17 Å². The van der Waals surface area contributed by atoms with Gasteiger partial charge in [0, 0.05) is 11.3 Å². The van der Waals surface area contributed by atoms with Gasteiger partial charge in [0.25, 0.3) is 0 Å². The molecule has 2 nitrogen and oxygen atoms in total. The number of hydrogen-bond acceptors (Lipinski definition) is 2. The highest BCUT2D eigenvalue weighted by atomic mass is 32.2. The molecule has 0 amide bonds. The molecule has 0 saturated carbocycles. The molecule has 1 heterocycles. The van der Waals surface area contributed by atoms with E-state index in [9.17, 15) is 0 Å². The predicted octanol–water partition coefficient (Wildman–Crippen LogP) is 3.67. The number of rotatable bonds is 4. The highest BCUT2D eigenvalue weighted by Crippen LogP contribution is 2.26. The fraction of sp³-hybridized carbons (Fsp3) is 0.923. The maximum absolute atomic E-state index is 4.87. The number of amidine groups is 1. The van der Waals surface area contributed by atoms with Crippen molar-refractivity contribution in [3.63, 3.8) is 0 Å². The summed E-state index contributed by atoms with van der Waals surface area (Å²) in [5.41, 5.74) is 0.263. The Morgan fingerprint density at radius 2 is 2.12 bits per heavy atom. The molecule has 0 spiro atoms. The summed E-state index contributed by atoms with van der Waals surface area (Å²) in [7, 11) is 0. The molecular formula is C13H26N2S. The van der Waals surface area contributed by atoms with Crippen LogP contribution in [0.1, 0.15) is 53.9 Å². The molecule has 1 N–H and O–H groups in total. The first kappa shape index (κ1) is 13.9. The quantitative estimate of drug-likeness (QED) is 0.813. The van der Waals surface area contributed by atoms with Gasteiger partial charge in [-0.25, -0.2) is 0 Å². The van der Waals surface area contributed by atoms with E-state index in [2.05, 4.69) is 39.9 Å². The summed E-state index contributed by atoms with van der Waals surface area (Å²) in [6.45, 7) is 11.3. The van der Waals surface area contributed by atoms with Gasteiger partial charge in [-0.15, -0.1) is 0 Å². The van der Waals surface area contributed by atoms with Gasteiger partial charge in [-0.2, -0.15) is 0 Å². The molecule has 2 unspecified atom stereocenters. The first-order chi connectivity index (χ1) is 7.50. The van der Waals surface area contributed by atoms with E-state index in [1.165, 1.54) is 18.6 Å². The van der Waals surface area contributed by atoms with Crippen molar-refractivity contribution in [3.05, 3.63) is 0 Å². The highest BCUT2D eigenvalue weighted by Gasteiger charge is 2.28. The zero-order valence-electron chi connectivity index (χ0n) is 11.3. The van der Waals surface area contributed by atoms with Crippen molar-refractivity contribution in [2.45, 2.75) is 65.5 Å². The second-order valence-electron chi connectivity index (χ2n) is 5.29. The molecular weight excluding hydrogens is 216 g/mol. The van der Waals surface area contributed by atoms with Crippen LogP contribution >= 0.6 is 11.8 Å². The van der Waals surface area contributed by atoms with Crippen LogP contribution in [0.25, 0.3) is 0 Å². The molecule has 94 valence electrons. The molecule has 0 aromatic rings. The summed E-state index contributed by atoms with van der Waals surface area (Å²) in [5.74, 6) is 1.83. The molecule has 0 aliphatic carbocycles. The zero-order chi connectivity index (χ0) is 12.2. The van der Waals surface area contributed by atoms with Crippen molar-refractivity contribution in [1.29, 1.82) is 0 Å². The maximum atomic E-state index is 4.87. The molecule has 0 bridgehead atoms. The van der Waals surface area contributed by atoms with Crippen LogP contribution in [-0.4, -0.2) is 22.5 Å². The van der Waals surface area contributed by atoms with Crippen LogP contribution in [0.15, 0.2) is 4.99 Å².